The van der Waals surface area contributed by atoms with E-state index in [0.717, 1.165) is 15.7 Å². The van der Waals surface area contributed by atoms with Crippen LogP contribution in [0, 0.1) is 12.7 Å². The van der Waals surface area contributed by atoms with Gasteiger partial charge in [-0.05, 0) is 19.1 Å². The van der Waals surface area contributed by atoms with Crippen molar-refractivity contribution >= 4 is 28.2 Å². The fraction of sp³-hybridized carbons (Fsp3) is 0.250. The summed E-state index contributed by atoms with van der Waals surface area (Å²) in [5.41, 5.74) is 6.55. The van der Waals surface area contributed by atoms with Gasteiger partial charge in [0, 0.05) is 5.75 Å². The van der Waals surface area contributed by atoms with Crippen molar-refractivity contribution in [2.45, 2.75) is 11.1 Å². The van der Waals surface area contributed by atoms with E-state index in [0.29, 0.717) is 17.5 Å². The molecule has 0 bridgehead atoms. The molecule has 0 aliphatic rings. The number of anilines is 1. The Hall–Kier alpha value is -1.27. The number of thiazole rings is 1. The number of hydrogen-bond acceptors (Lipinski definition) is 5. The predicted molar refractivity (Wildman–Crippen MR) is 73.9 cm³/mol. The zero-order chi connectivity index (χ0) is 13.0. The summed E-state index contributed by atoms with van der Waals surface area (Å²) in [6.45, 7) is 2.37. The van der Waals surface area contributed by atoms with Crippen LogP contribution in [0.1, 0.15) is 5.69 Å². The number of nitrogens with two attached hydrogens (primary N) is 1. The Morgan fingerprint density at radius 3 is 2.89 bits per heavy atom. The molecule has 18 heavy (non-hydrogen) atoms. The van der Waals surface area contributed by atoms with E-state index >= 15 is 0 Å². The molecular weight excluding hydrogens is 271 g/mol. The van der Waals surface area contributed by atoms with E-state index in [1.165, 1.54) is 17.4 Å². The van der Waals surface area contributed by atoms with Crippen molar-refractivity contribution in [2.75, 3.05) is 18.1 Å². The van der Waals surface area contributed by atoms with Gasteiger partial charge in [0.05, 0.1) is 16.5 Å². The summed E-state index contributed by atoms with van der Waals surface area (Å²) >= 11 is 3.09. The number of benzene rings is 1. The summed E-state index contributed by atoms with van der Waals surface area (Å²) in [5, 5.41) is 0.574. The average molecular weight is 284 g/mol. The Morgan fingerprint density at radius 2 is 2.22 bits per heavy atom. The first-order valence-electron chi connectivity index (χ1n) is 5.40. The monoisotopic (exact) mass is 284 g/mol. The molecule has 0 saturated heterocycles. The molecule has 3 nitrogen and oxygen atoms in total. The second-order valence-electron chi connectivity index (χ2n) is 3.55. The topological polar surface area (TPSA) is 48.1 Å². The van der Waals surface area contributed by atoms with Gasteiger partial charge >= 0.3 is 0 Å². The lowest BCUT2D eigenvalue weighted by atomic mass is 10.3. The summed E-state index contributed by atoms with van der Waals surface area (Å²) < 4.78 is 19.7. The van der Waals surface area contributed by atoms with E-state index in [-0.39, 0.29) is 5.82 Å². The zero-order valence-corrected chi connectivity index (χ0v) is 11.5. The molecule has 0 fully saturated rings. The number of aryl methyl sites for hydroxylation is 1. The Balaban J connectivity index is 1.80. The van der Waals surface area contributed by atoms with Gasteiger partial charge in [-0.15, -0.1) is 11.8 Å². The largest absolute Gasteiger partial charge is 0.490 e. The Bertz CT molecular complexity index is 531. The van der Waals surface area contributed by atoms with Crippen LogP contribution in [0.3, 0.4) is 0 Å². The van der Waals surface area contributed by atoms with Gasteiger partial charge in [0.15, 0.2) is 16.7 Å². The lowest BCUT2D eigenvalue weighted by Crippen LogP contribution is -2.01. The molecule has 0 aliphatic heterocycles. The molecule has 1 heterocycles. The van der Waals surface area contributed by atoms with Gasteiger partial charge in [0.1, 0.15) is 0 Å². The highest BCUT2D eigenvalue weighted by atomic mass is 32.2. The molecule has 0 atom stereocenters. The number of rotatable bonds is 5. The van der Waals surface area contributed by atoms with Crippen LogP contribution >= 0.6 is 23.1 Å². The van der Waals surface area contributed by atoms with Gasteiger partial charge in [0.2, 0.25) is 0 Å². The van der Waals surface area contributed by atoms with Crippen LogP contribution in [0.5, 0.6) is 5.75 Å². The Morgan fingerprint density at radius 1 is 1.44 bits per heavy atom. The molecule has 0 saturated carbocycles. The molecule has 0 radical (unpaired) electrons. The number of aromatic nitrogens is 1. The molecule has 1 aromatic heterocycles. The SMILES string of the molecule is Cc1nc(N)sc1SCCOc1ccccc1F. The highest BCUT2D eigenvalue weighted by molar-refractivity contribution is 8.01. The molecule has 0 unspecified atom stereocenters. The van der Waals surface area contributed by atoms with Crippen molar-refractivity contribution < 1.29 is 9.13 Å². The number of para-hydroxylation sites is 1. The first kappa shape index (κ1) is 13.2. The highest BCUT2D eigenvalue weighted by Crippen LogP contribution is 2.30. The molecule has 2 rings (SSSR count). The first-order valence-corrected chi connectivity index (χ1v) is 7.20. The van der Waals surface area contributed by atoms with Gasteiger partial charge in [-0.3, -0.25) is 0 Å². The maximum absolute atomic E-state index is 13.3. The van der Waals surface area contributed by atoms with Crippen LogP contribution in [0.4, 0.5) is 9.52 Å². The van der Waals surface area contributed by atoms with E-state index in [9.17, 15) is 4.39 Å². The maximum Gasteiger partial charge on any atom is 0.181 e. The molecule has 0 amide bonds. The van der Waals surface area contributed by atoms with E-state index in [4.69, 9.17) is 10.5 Å². The Labute approximate surface area is 113 Å². The van der Waals surface area contributed by atoms with Crippen LogP contribution in [0.2, 0.25) is 0 Å². The number of halogens is 1. The van der Waals surface area contributed by atoms with Crippen LogP contribution in [-0.4, -0.2) is 17.3 Å². The summed E-state index contributed by atoms with van der Waals surface area (Å²) in [6.07, 6.45) is 0. The molecule has 2 aromatic rings. The van der Waals surface area contributed by atoms with Crippen molar-refractivity contribution in [2.24, 2.45) is 0 Å². The molecule has 1 aromatic carbocycles. The van der Waals surface area contributed by atoms with E-state index < -0.39 is 0 Å². The number of nitrogens with zero attached hydrogens (tertiary/aromatic N) is 1. The predicted octanol–water partition coefficient (Wildman–Crippen LogP) is 3.34. The summed E-state index contributed by atoms with van der Waals surface area (Å²) in [6, 6.07) is 6.40. The van der Waals surface area contributed by atoms with E-state index in [1.807, 2.05) is 6.92 Å². The van der Waals surface area contributed by atoms with Crippen LogP contribution in [-0.2, 0) is 0 Å². The number of nitrogen functional groups attached to an aromatic ring is 1. The fourth-order valence-electron chi connectivity index (χ4n) is 1.38. The number of thioether (sulfide) groups is 1. The lowest BCUT2D eigenvalue weighted by molar-refractivity contribution is 0.325. The van der Waals surface area contributed by atoms with Gasteiger partial charge in [-0.25, -0.2) is 9.37 Å². The summed E-state index contributed by atoms with van der Waals surface area (Å²) in [4.78, 5) is 4.14. The minimum absolute atomic E-state index is 0.290. The van der Waals surface area contributed by atoms with Crippen LogP contribution in [0.15, 0.2) is 28.5 Å². The van der Waals surface area contributed by atoms with Crippen LogP contribution < -0.4 is 10.5 Å². The van der Waals surface area contributed by atoms with E-state index in [2.05, 4.69) is 4.98 Å². The van der Waals surface area contributed by atoms with Crippen LogP contribution in [0.25, 0.3) is 0 Å². The first-order chi connectivity index (χ1) is 8.66. The molecule has 2 N–H and O–H groups in total. The lowest BCUT2D eigenvalue weighted by Gasteiger charge is -2.06. The third-order valence-corrected chi connectivity index (χ3v) is 4.49. The summed E-state index contributed by atoms with van der Waals surface area (Å²) in [5.74, 6) is 0.691. The molecule has 0 aliphatic carbocycles. The molecule has 96 valence electrons. The maximum atomic E-state index is 13.3. The molecule has 0 spiro atoms. The van der Waals surface area contributed by atoms with Gasteiger partial charge in [-0.2, -0.15) is 0 Å². The third kappa shape index (κ3) is 3.36. The van der Waals surface area contributed by atoms with Crippen molar-refractivity contribution in [1.82, 2.24) is 4.98 Å². The third-order valence-electron chi connectivity index (χ3n) is 2.18. The highest BCUT2D eigenvalue weighted by Gasteiger charge is 2.06. The number of ether oxygens (including phenoxy) is 1. The second kappa shape index (κ2) is 6.06. The standard InChI is InChI=1S/C12H13FN2OS2/c1-8-11(18-12(14)15-8)17-7-6-16-10-5-3-2-4-9(10)13/h2-5H,6-7H2,1H3,(H2,14,15). The fourth-order valence-corrected chi connectivity index (χ4v) is 3.30. The quantitative estimate of drug-likeness (QED) is 0.675. The molecular formula is C12H13FN2OS2. The van der Waals surface area contributed by atoms with Gasteiger partial charge in [0.25, 0.3) is 0 Å². The smallest absolute Gasteiger partial charge is 0.181 e. The van der Waals surface area contributed by atoms with Crippen molar-refractivity contribution in [3.05, 3.63) is 35.8 Å². The van der Waals surface area contributed by atoms with Gasteiger partial charge < -0.3 is 10.5 Å². The Kier molecular flexibility index (Phi) is 4.43. The zero-order valence-electron chi connectivity index (χ0n) is 9.85. The summed E-state index contributed by atoms with van der Waals surface area (Å²) in [7, 11) is 0. The van der Waals surface area contributed by atoms with Crippen molar-refractivity contribution in [3.63, 3.8) is 0 Å². The van der Waals surface area contributed by atoms with Gasteiger partial charge in [-0.1, -0.05) is 23.5 Å². The van der Waals surface area contributed by atoms with E-state index in [1.54, 1.807) is 30.0 Å². The van der Waals surface area contributed by atoms with Crippen molar-refractivity contribution in [1.29, 1.82) is 0 Å². The minimum Gasteiger partial charge on any atom is -0.490 e. The minimum atomic E-state index is -0.333. The molecule has 6 heteroatoms. The second-order valence-corrected chi connectivity index (χ2v) is 5.95. The normalized spacial score (nSPS) is 10.6. The van der Waals surface area contributed by atoms with Crippen molar-refractivity contribution in [3.8, 4) is 5.75 Å². The average Bonchev–Trinajstić information content (AvgIpc) is 2.65. The number of hydrogen-bond donors (Lipinski definition) is 1.